The fraction of sp³-hybridized carbons (Fsp3) is 0.733. The Labute approximate surface area is 119 Å². The summed E-state index contributed by atoms with van der Waals surface area (Å²) < 4.78 is 0. The zero-order valence-electron chi connectivity index (χ0n) is 11.6. The molecule has 0 amide bonds. The van der Waals surface area contributed by atoms with Crippen LogP contribution in [0.2, 0.25) is 0 Å². The Morgan fingerprint density at radius 2 is 2.05 bits per heavy atom. The third-order valence-electron chi connectivity index (χ3n) is 4.21. The number of hydrogen-bond donors (Lipinski definition) is 0. The van der Waals surface area contributed by atoms with Crippen molar-refractivity contribution in [1.82, 2.24) is 9.88 Å². The van der Waals surface area contributed by atoms with E-state index in [2.05, 4.69) is 17.9 Å². The van der Waals surface area contributed by atoms with Crippen LogP contribution in [-0.4, -0.2) is 23.0 Å². The molecule has 2 aliphatic rings. The molecule has 0 radical (unpaired) electrons. The Hall–Kier alpha value is -0.920. The van der Waals surface area contributed by atoms with E-state index < -0.39 is 0 Å². The minimum Gasteiger partial charge on any atom is -0.297 e. The van der Waals surface area contributed by atoms with Crippen molar-refractivity contribution in [3.05, 3.63) is 15.6 Å². The normalized spacial score (nSPS) is 21.5. The van der Waals surface area contributed by atoms with Gasteiger partial charge < -0.3 is 0 Å². The number of thiazole rings is 1. The van der Waals surface area contributed by atoms with E-state index >= 15 is 0 Å². The summed E-state index contributed by atoms with van der Waals surface area (Å²) in [4.78, 5) is 8.58. The Morgan fingerprint density at radius 3 is 2.68 bits per heavy atom. The third kappa shape index (κ3) is 3.16. The summed E-state index contributed by atoms with van der Waals surface area (Å²) in [6.45, 7) is 5.74. The van der Waals surface area contributed by atoms with E-state index in [0.717, 1.165) is 12.5 Å². The van der Waals surface area contributed by atoms with Crippen molar-refractivity contribution in [3.63, 3.8) is 0 Å². The Morgan fingerprint density at radius 1 is 1.32 bits per heavy atom. The summed E-state index contributed by atoms with van der Waals surface area (Å²) in [5, 5.41) is 10.1. The third-order valence-corrected chi connectivity index (χ3v) is 5.27. The molecule has 3 nitrogen and oxygen atoms in total. The van der Waals surface area contributed by atoms with Crippen LogP contribution < -0.4 is 0 Å². The summed E-state index contributed by atoms with van der Waals surface area (Å²) in [5.41, 5.74) is 1.24. The number of likely N-dealkylation sites (tertiary alicyclic amines) is 1. The molecule has 2 heterocycles. The molecule has 1 aliphatic carbocycles. The monoisotopic (exact) mass is 275 g/mol. The molecule has 19 heavy (non-hydrogen) atoms. The van der Waals surface area contributed by atoms with Crippen molar-refractivity contribution in [2.24, 2.45) is 5.92 Å². The van der Waals surface area contributed by atoms with E-state index in [-0.39, 0.29) is 0 Å². The van der Waals surface area contributed by atoms with E-state index in [0.29, 0.717) is 12.3 Å². The smallest absolute Gasteiger partial charge is 0.107 e. The molecule has 0 spiro atoms. The van der Waals surface area contributed by atoms with Gasteiger partial charge in [0.1, 0.15) is 5.01 Å². The fourth-order valence-corrected chi connectivity index (χ4v) is 3.90. The predicted molar refractivity (Wildman–Crippen MR) is 77.1 cm³/mol. The molecule has 102 valence electrons. The van der Waals surface area contributed by atoms with Gasteiger partial charge in [-0.25, -0.2) is 4.98 Å². The summed E-state index contributed by atoms with van der Waals surface area (Å²) in [5.74, 6) is 1.54. The van der Waals surface area contributed by atoms with Crippen LogP contribution in [0.15, 0.2) is 0 Å². The van der Waals surface area contributed by atoms with Gasteiger partial charge >= 0.3 is 0 Å². The topological polar surface area (TPSA) is 39.9 Å². The van der Waals surface area contributed by atoms with Gasteiger partial charge in [0.25, 0.3) is 0 Å². The molecule has 1 aromatic heterocycles. The average Bonchev–Trinajstić information content (AvgIpc) is 3.17. The van der Waals surface area contributed by atoms with E-state index in [1.54, 1.807) is 11.3 Å². The van der Waals surface area contributed by atoms with Crippen LogP contribution in [0.1, 0.15) is 54.1 Å². The van der Waals surface area contributed by atoms with Gasteiger partial charge in [-0.2, -0.15) is 5.26 Å². The minimum absolute atomic E-state index is 0.542. The molecule has 1 saturated carbocycles. The molecule has 2 fully saturated rings. The van der Waals surface area contributed by atoms with Crippen LogP contribution in [0.3, 0.4) is 0 Å². The lowest BCUT2D eigenvalue weighted by Crippen LogP contribution is -2.32. The van der Waals surface area contributed by atoms with Gasteiger partial charge in [0, 0.05) is 10.8 Å². The lowest BCUT2D eigenvalue weighted by Gasteiger charge is -2.29. The lowest BCUT2D eigenvalue weighted by atomic mass is 9.99. The van der Waals surface area contributed by atoms with Gasteiger partial charge in [-0.15, -0.1) is 11.3 Å². The highest BCUT2D eigenvalue weighted by Gasteiger charge is 2.29. The summed E-state index contributed by atoms with van der Waals surface area (Å²) in [7, 11) is 0. The van der Waals surface area contributed by atoms with E-state index in [1.807, 2.05) is 0 Å². The maximum Gasteiger partial charge on any atom is 0.107 e. The summed E-state index contributed by atoms with van der Waals surface area (Å²) in [6.07, 6.45) is 5.70. The van der Waals surface area contributed by atoms with Crippen molar-refractivity contribution in [2.45, 2.75) is 51.5 Å². The van der Waals surface area contributed by atoms with Crippen LogP contribution in [0, 0.1) is 17.2 Å². The van der Waals surface area contributed by atoms with Gasteiger partial charge in [-0.3, -0.25) is 4.90 Å². The van der Waals surface area contributed by atoms with Crippen molar-refractivity contribution >= 4 is 11.3 Å². The number of piperidine rings is 1. The molecule has 0 unspecified atom stereocenters. The molecule has 4 heteroatoms. The standard InChI is InChI=1S/C15H21N3S/c1-11-5-8-18(9-6-11)10-14-17-15(12-2-3-12)13(19-14)4-7-16/h11-12H,2-6,8-10H2,1H3. The van der Waals surface area contributed by atoms with Crippen molar-refractivity contribution in [1.29, 1.82) is 5.26 Å². The number of nitrogens with zero attached hydrogens (tertiary/aromatic N) is 3. The van der Waals surface area contributed by atoms with Crippen LogP contribution in [-0.2, 0) is 13.0 Å². The number of nitriles is 1. The van der Waals surface area contributed by atoms with E-state index in [9.17, 15) is 0 Å². The molecular formula is C15H21N3S. The van der Waals surface area contributed by atoms with Crippen molar-refractivity contribution < 1.29 is 0 Å². The second-order valence-corrected chi connectivity index (χ2v) is 7.15. The van der Waals surface area contributed by atoms with Crippen molar-refractivity contribution in [2.75, 3.05) is 13.1 Å². The molecule has 1 saturated heterocycles. The first-order chi connectivity index (χ1) is 9.26. The minimum atomic E-state index is 0.542. The Kier molecular flexibility index (Phi) is 3.86. The first-order valence-electron chi connectivity index (χ1n) is 7.34. The zero-order valence-corrected chi connectivity index (χ0v) is 12.4. The predicted octanol–water partition coefficient (Wildman–Crippen LogP) is 3.32. The first kappa shape index (κ1) is 13.1. The van der Waals surface area contributed by atoms with Crippen molar-refractivity contribution in [3.8, 4) is 6.07 Å². The molecule has 3 rings (SSSR count). The molecule has 0 atom stereocenters. The second-order valence-electron chi connectivity index (χ2n) is 5.98. The van der Waals surface area contributed by atoms with Gasteiger partial charge in [-0.1, -0.05) is 6.92 Å². The largest absolute Gasteiger partial charge is 0.297 e. The molecule has 0 aromatic carbocycles. The quantitative estimate of drug-likeness (QED) is 0.846. The zero-order chi connectivity index (χ0) is 13.2. The van der Waals surface area contributed by atoms with Gasteiger partial charge in [0.15, 0.2) is 0 Å². The van der Waals surface area contributed by atoms with Gasteiger partial charge in [0.2, 0.25) is 0 Å². The van der Waals surface area contributed by atoms with Crippen LogP contribution in [0.25, 0.3) is 0 Å². The van der Waals surface area contributed by atoms with Crippen LogP contribution in [0.5, 0.6) is 0 Å². The highest BCUT2D eigenvalue weighted by Crippen LogP contribution is 2.43. The second kappa shape index (κ2) is 5.60. The first-order valence-corrected chi connectivity index (χ1v) is 8.15. The molecule has 1 aromatic rings. The molecular weight excluding hydrogens is 254 g/mol. The highest BCUT2D eigenvalue weighted by molar-refractivity contribution is 7.11. The summed E-state index contributed by atoms with van der Waals surface area (Å²) in [6, 6.07) is 2.29. The van der Waals surface area contributed by atoms with Crippen LogP contribution in [0.4, 0.5) is 0 Å². The summed E-state index contributed by atoms with van der Waals surface area (Å²) >= 11 is 1.77. The fourth-order valence-electron chi connectivity index (χ4n) is 2.77. The molecule has 0 bridgehead atoms. The number of hydrogen-bond acceptors (Lipinski definition) is 4. The average molecular weight is 275 g/mol. The maximum atomic E-state index is 8.92. The molecule has 1 aliphatic heterocycles. The SMILES string of the molecule is CC1CCN(Cc2nc(C3CC3)c(CC#N)s2)CC1. The Balaban J connectivity index is 1.67. The van der Waals surface area contributed by atoms with E-state index in [1.165, 1.54) is 54.4 Å². The van der Waals surface area contributed by atoms with Gasteiger partial charge in [-0.05, 0) is 44.7 Å². The van der Waals surface area contributed by atoms with Gasteiger partial charge in [0.05, 0.1) is 24.7 Å². The highest BCUT2D eigenvalue weighted by atomic mass is 32.1. The van der Waals surface area contributed by atoms with Crippen LogP contribution >= 0.6 is 11.3 Å². The Bertz CT molecular complexity index is 476. The van der Waals surface area contributed by atoms with E-state index in [4.69, 9.17) is 10.2 Å². The number of rotatable bonds is 4. The molecule has 0 N–H and O–H groups in total. The lowest BCUT2D eigenvalue weighted by molar-refractivity contribution is 0.185. The number of aromatic nitrogens is 1. The maximum absolute atomic E-state index is 8.92.